The number of carbonyl (C=O) groups excluding carboxylic acids is 1. The molecule has 9 heteroatoms. The Kier molecular flexibility index (Phi) is 4.86. The van der Waals surface area contributed by atoms with Crippen molar-refractivity contribution in [1.29, 1.82) is 0 Å². The molecule has 0 bridgehead atoms. The van der Waals surface area contributed by atoms with E-state index >= 15 is 0 Å². The van der Waals surface area contributed by atoms with Crippen molar-refractivity contribution < 1.29 is 4.79 Å². The molecule has 0 aliphatic heterocycles. The summed E-state index contributed by atoms with van der Waals surface area (Å²) in [4.78, 5) is 28.8. The zero-order valence-electron chi connectivity index (χ0n) is 17.0. The minimum absolute atomic E-state index is 0.256. The number of rotatable bonds is 5. The summed E-state index contributed by atoms with van der Waals surface area (Å²) >= 11 is 0. The van der Waals surface area contributed by atoms with Crippen LogP contribution in [-0.4, -0.2) is 42.2 Å². The maximum Gasteiger partial charge on any atom is 0.254 e. The van der Waals surface area contributed by atoms with Gasteiger partial charge in [0.05, 0.1) is 16.5 Å². The number of fused-ring (bicyclic) bond motifs is 1. The summed E-state index contributed by atoms with van der Waals surface area (Å²) in [7, 11) is 0. The van der Waals surface area contributed by atoms with Crippen LogP contribution in [0.1, 0.15) is 29.8 Å². The number of aryl methyl sites for hydroxylation is 1. The SMILES string of the molecule is Cc1ccc(-c2nn(C(C)(C)CNC(=O)c3cncnc3)c3ncnc(N)c23)cc1. The van der Waals surface area contributed by atoms with Crippen molar-refractivity contribution in [3.05, 3.63) is 60.4 Å². The average molecular weight is 402 g/mol. The molecule has 9 nitrogen and oxygen atoms in total. The number of nitrogens with two attached hydrogens (primary N) is 1. The first-order valence-corrected chi connectivity index (χ1v) is 9.47. The van der Waals surface area contributed by atoms with E-state index in [1.807, 2.05) is 45.0 Å². The van der Waals surface area contributed by atoms with E-state index in [0.29, 0.717) is 34.7 Å². The molecule has 30 heavy (non-hydrogen) atoms. The Hall–Kier alpha value is -3.88. The molecule has 4 aromatic rings. The van der Waals surface area contributed by atoms with E-state index in [4.69, 9.17) is 10.8 Å². The van der Waals surface area contributed by atoms with Crippen molar-refractivity contribution in [3.63, 3.8) is 0 Å². The summed E-state index contributed by atoms with van der Waals surface area (Å²) in [6.45, 7) is 6.28. The van der Waals surface area contributed by atoms with Gasteiger partial charge in [0, 0.05) is 24.5 Å². The molecule has 0 aliphatic rings. The number of nitrogen functional groups attached to an aromatic ring is 1. The van der Waals surface area contributed by atoms with Crippen LogP contribution in [0.25, 0.3) is 22.3 Å². The molecule has 3 heterocycles. The van der Waals surface area contributed by atoms with Crippen LogP contribution in [0.5, 0.6) is 0 Å². The van der Waals surface area contributed by atoms with E-state index in [9.17, 15) is 4.79 Å². The number of amides is 1. The minimum atomic E-state index is -0.590. The lowest BCUT2D eigenvalue weighted by Crippen LogP contribution is -2.41. The third-order valence-electron chi connectivity index (χ3n) is 4.90. The van der Waals surface area contributed by atoms with Crippen molar-refractivity contribution >= 4 is 22.8 Å². The topological polar surface area (TPSA) is 124 Å². The molecule has 0 saturated heterocycles. The molecule has 3 N–H and O–H groups in total. The summed E-state index contributed by atoms with van der Waals surface area (Å²) in [6, 6.07) is 8.04. The number of anilines is 1. The maximum absolute atomic E-state index is 12.4. The molecule has 0 aliphatic carbocycles. The number of hydrogen-bond acceptors (Lipinski definition) is 7. The van der Waals surface area contributed by atoms with Gasteiger partial charge in [0.25, 0.3) is 5.91 Å². The average Bonchev–Trinajstić information content (AvgIpc) is 3.15. The van der Waals surface area contributed by atoms with Gasteiger partial charge in [-0.3, -0.25) is 4.79 Å². The quantitative estimate of drug-likeness (QED) is 0.525. The highest BCUT2D eigenvalue weighted by atomic mass is 16.1. The Morgan fingerprint density at radius 3 is 2.50 bits per heavy atom. The predicted molar refractivity (Wildman–Crippen MR) is 114 cm³/mol. The summed E-state index contributed by atoms with van der Waals surface area (Å²) in [5.41, 5.74) is 9.39. The van der Waals surface area contributed by atoms with Gasteiger partial charge in [-0.05, 0) is 20.8 Å². The lowest BCUT2D eigenvalue weighted by Gasteiger charge is -2.26. The van der Waals surface area contributed by atoms with E-state index in [-0.39, 0.29) is 5.91 Å². The van der Waals surface area contributed by atoms with Crippen LogP contribution < -0.4 is 11.1 Å². The first-order chi connectivity index (χ1) is 14.4. The summed E-state index contributed by atoms with van der Waals surface area (Å²) in [6.07, 6.45) is 5.75. The highest BCUT2D eigenvalue weighted by molar-refractivity contribution is 5.98. The second kappa shape index (κ2) is 7.51. The lowest BCUT2D eigenvalue weighted by atomic mass is 10.1. The number of nitrogens with zero attached hydrogens (tertiary/aromatic N) is 6. The van der Waals surface area contributed by atoms with Gasteiger partial charge >= 0.3 is 0 Å². The van der Waals surface area contributed by atoms with Crippen molar-refractivity contribution in [1.82, 2.24) is 35.0 Å². The first-order valence-electron chi connectivity index (χ1n) is 9.47. The second-order valence-electron chi connectivity index (χ2n) is 7.71. The van der Waals surface area contributed by atoms with E-state index in [1.54, 1.807) is 4.68 Å². The van der Waals surface area contributed by atoms with Gasteiger partial charge in [-0.25, -0.2) is 24.6 Å². The van der Waals surface area contributed by atoms with E-state index in [2.05, 4.69) is 25.3 Å². The fourth-order valence-corrected chi connectivity index (χ4v) is 3.20. The maximum atomic E-state index is 12.4. The van der Waals surface area contributed by atoms with E-state index in [1.165, 1.54) is 25.0 Å². The molecule has 0 fully saturated rings. The molecular weight excluding hydrogens is 380 g/mol. The third-order valence-corrected chi connectivity index (χ3v) is 4.90. The zero-order valence-corrected chi connectivity index (χ0v) is 17.0. The molecule has 0 unspecified atom stereocenters. The molecule has 3 aromatic heterocycles. The fraction of sp³-hybridized carbons (Fsp3) is 0.238. The van der Waals surface area contributed by atoms with Gasteiger partial charge in [0.15, 0.2) is 5.65 Å². The summed E-state index contributed by atoms with van der Waals surface area (Å²) in [5.74, 6) is 0.108. The molecule has 0 spiro atoms. The van der Waals surface area contributed by atoms with Gasteiger partial charge < -0.3 is 11.1 Å². The van der Waals surface area contributed by atoms with Crippen LogP contribution in [0.4, 0.5) is 5.82 Å². The van der Waals surface area contributed by atoms with Gasteiger partial charge in [0.1, 0.15) is 24.2 Å². The number of aromatic nitrogens is 6. The molecule has 0 saturated carbocycles. The number of nitrogens with one attached hydrogen (secondary N) is 1. The van der Waals surface area contributed by atoms with E-state index < -0.39 is 5.54 Å². The summed E-state index contributed by atoms with van der Waals surface area (Å²) in [5, 5.41) is 8.44. The first kappa shape index (κ1) is 19.4. The van der Waals surface area contributed by atoms with E-state index in [0.717, 1.165) is 11.1 Å². The fourth-order valence-electron chi connectivity index (χ4n) is 3.20. The molecule has 0 atom stereocenters. The van der Waals surface area contributed by atoms with Crippen molar-refractivity contribution in [3.8, 4) is 11.3 Å². The van der Waals surface area contributed by atoms with Gasteiger partial charge in [-0.15, -0.1) is 0 Å². The Labute approximate surface area is 173 Å². The van der Waals surface area contributed by atoms with Crippen molar-refractivity contribution in [2.45, 2.75) is 26.3 Å². The second-order valence-corrected chi connectivity index (χ2v) is 7.71. The van der Waals surface area contributed by atoms with Crippen molar-refractivity contribution in [2.24, 2.45) is 0 Å². The van der Waals surface area contributed by atoms with Gasteiger partial charge in [0.2, 0.25) is 0 Å². The Morgan fingerprint density at radius 2 is 1.80 bits per heavy atom. The minimum Gasteiger partial charge on any atom is -0.383 e. The lowest BCUT2D eigenvalue weighted by molar-refractivity contribution is 0.0935. The van der Waals surface area contributed by atoms with Crippen LogP contribution in [0.2, 0.25) is 0 Å². The number of carbonyl (C=O) groups is 1. The van der Waals surface area contributed by atoms with Gasteiger partial charge in [-0.2, -0.15) is 5.10 Å². The Balaban J connectivity index is 1.72. The largest absolute Gasteiger partial charge is 0.383 e. The molecule has 0 radical (unpaired) electrons. The highest BCUT2D eigenvalue weighted by Gasteiger charge is 2.28. The smallest absolute Gasteiger partial charge is 0.254 e. The number of hydrogen-bond donors (Lipinski definition) is 2. The van der Waals surface area contributed by atoms with Crippen LogP contribution >= 0.6 is 0 Å². The number of benzene rings is 1. The van der Waals surface area contributed by atoms with Crippen LogP contribution in [-0.2, 0) is 5.54 Å². The Bertz CT molecular complexity index is 1200. The van der Waals surface area contributed by atoms with Crippen LogP contribution in [0.3, 0.4) is 0 Å². The monoisotopic (exact) mass is 402 g/mol. The van der Waals surface area contributed by atoms with Crippen LogP contribution in [0.15, 0.2) is 49.3 Å². The Morgan fingerprint density at radius 1 is 1.10 bits per heavy atom. The normalized spacial score (nSPS) is 11.6. The third kappa shape index (κ3) is 3.57. The molecule has 152 valence electrons. The predicted octanol–water partition coefficient (Wildman–Crippen LogP) is 2.34. The highest BCUT2D eigenvalue weighted by Crippen LogP contribution is 2.32. The molecule has 1 aromatic carbocycles. The molecular formula is C21H22N8O. The van der Waals surface area contributed by atoms with Gasteiger partial charge in [-0.1, -0.05) is 29.8 Å². The molecule has 4 rings (SSSR count). The zero-order chi connectivity index (χ0) is 21.3. The van der Waals surface area contributed by atoms with Crippen LogP contribution in [0, 0.1) is 6.92 Å². The van der Waals surface area contributed by atoms with Crippen molar-refractivity contribution in [2.75, 3.05) is 12.3 Å². The summed E-state index contributed by atoms with van der Waals surface area (Å²) < 4.78 is 1.79. The molecule has 1 amide bonds. The standard InChI is InChI=1S/C21H22N8O/c1-13-4-6-14(7-5-13)17-16-18(22)26-12-27-19(16)29(28-17)21(2,3)10-25-20(30)15-8-23-11-24-9-15/h4-9,11-12H,10H2,1-3H3,(H,25,30)(H2,22,26,27).